The minimum atomic E-state index is 0.508. The zero-order chi connectivity index (χ0) is 19.6. The molecule has 0 radical (unpaired) electrons. The van der Waals surface area contributed by atoms with Gasteiger partial charge < -0.3 is 20.3 Å². The van der Waals surface area contributed by atoms with Gasteiger partial charge in [-0.1, -0.05) is 32.3 Å². The molecule has 1 aromatic heterocycles. The van der Waals surface area contributed by atoms with E-state index >= 15 is 0 Å². The fourth-order valence-corrected chi connectivity index (χ4v) is 4.24. The molecule has 1 aromatic rings. The summed E-state index contributed by atoms with van der Waals surface area (Å²) < 4.78 is 5.54. The number of guanidine groups is 1. The van der Waals surface area contributed by atoms with Crippen molar-refractivity contribution in [1.29, 1.82) is 0 Å². The molecule has 6 nitrogen and oxygen atoms in total. The van der Waals surface area contributed by atoms with Crippen molar-refractivity contribution in [1.82, 2.24) is 20.5 Å². The molecule has 156 valence electrons. The van der Waals surface area contributed by atoms with E-state index in [1.54, 1.807) is 0 Å². The first kappa shape index (κ1) is 20.9. The minimum Gasteiger partial charge on any atom is -0.478 e. The molecule has 28 heavy (non-hydrogen) atoms. The predicted octanol–water partition coefficient (Wildman–Crippen LogP) is 3.33. The van der Waals surface area contributed by atoms with Gasteiger partial charge >= 0.3 is 0 Å². The molecule has 2 fully saturated rings. The molecule has 6 heteroatoms. The summed E-state index contributed by atoms with van der Waals surface area (Å²) in [6, 6.07) is 5.34. The van der Waals surface area contributed by atoms with Gasteiger partial charge in [0.05, 0.1) is 6.61 Å². The highest BCUT2D eigenvalue weighted by atomic mass is 16.5. The van der Waals surface area contributed by atoms with Gasteiger partial charge in [-0.25, -0.2) is 4.98 Å². The number of pyridine rings is 1. The molecule has 0 aromatic carbocycles. The minimum absolute atomic E-state index is 0.508. The molecule has 0 bridgehead atoms. The maximum atomic E-state index is 5.54. The predicted molar refractivity (Wildman–Crippen MR) is 115 cm³/mol. The van der Waals surface area contributed by atoms with Gasteiger partial charge in [-0.05, 0) is 37.7 Å². The number of nitrogens with zero attached hydrogens (tertiary/aromatic N) is 3. The first-order chi connectivity index (χ1) is 13.8. The maximum absolute atomic E-state index is 5.54. The Hall–Kier alpha value is -1.82. The van der Waals surface area contributed by atoms with Crippen molar-refractivity contribution in [3.8, 4) is 5.88 Å². The first-order valence-electron chi connectivity index (χ1n) is 11.1. The number of hydrogen-bond acceptors (Lipinski definition) is 4. The number of aliphatic imine (C=N–C) groups is 1. The Kier molecular flexibility index (Phi) is 8.40. The molecule has 2 heterocycles. The van der Waals surface area contributed by atoms with Crippen molar-refractivity contribution in [3.05, 3.63) is 23.9 Å². The number of hydrogen-bond donors (Lipinski definition) is 2. The summed E-state index contributed by atoms with van der Waals surface area (Å²) in [6.45, 7) is 5.93. The molecule has 1 saturated heterocycles. The second-order valence-corrected chi connectivity index (χ2v) is 8.03. The van der Waals surface area contributed by atoms with Crippen LogP contribution in [0.3, 0.4) is 0 Å². The van der Waals surface area contributed by atoms with Crippen molar-refractivity contribution in [2.24, 2.45) is 4.99 Å². The van der Waals surface area contributed by atoms with Crippen LogP contribution in [-0.4, -0.2) is 54.7 Å². The third-order valence-corrected chi connectivity index (χ3v) is 5.90. The Bertz CT molecular complexity index is 589. The van der Waals surface area contributed by atoms with Gasteiger partial charge in [0, 0.05) is 51.0 Å². The van der Waals surface area contributed by atoms with Crippen molar-refractivity contribution in [2.45, 2.75) is 76.9 Å². The van der Waals surface area contributed by atoms with Crippen LogP contribution in [0.4, 0.5) is 0 Å². The number of piperidine rings is 1. The number of aromatic nitrogens is 1. The molecular weight excluding hydrogens is 350 g/mol. The van der Waals surface area contributed by atoms with E-state index in [2.05, 4.69) is 38.5 Å². The van der Waals surface area contributed by atoms with Gasteiger partial charge in [0.25, 0.3) is 0 Å². The first-order valence-corrected chi connectivity index (χ1v) is 11.1. The lowest BCUT2D eigenvalue weighted by atomic mass is 9.92. The maximum Gasteiger partial charge on any atom is 0.213 e. The smallest absolute Gasteiger partial charge is 0.213 e. The van der Waals surface area contributed by atoms with Crippen LogP contribution >= 0.6 is 0 Å². The Morgan fingerprint density at radius 2 is 1.96 bits per heavy atom. The summed E-state index contributed by atoms with van der Waals surface area (Å²) in [4.78, 5) is 11.5. The van der Waals surface area contributed by atoms with Crippen molar-refractivity contribution in [3.63, 3.8) is 0 Å². The van der Waals surface area contributed by atoms with Crippen LogP contribution in [0, 0.1) is 0 Å². The third kappa shape index (κ3) is 6.36. The van der Waals surface area contributed by atoms with Gasteiger partial charge in [-0.3, -0.25) is 4.99 Å². The summed E-state index contributed by atoms with van der Waals surface area (Å²) in [5.74, 6) is 1.57. The van der Waals surface area contributed by atoms with E-state index in [-0.39, 0.29) is 0 Å². The summed E-state index contributed by atoms with van der Waals surface area (Å²) in [7, 11) is 1.84. The van der Waals surface area contributed by atoms with E-state index in [9.17, 15) is 0 Å². The SMILES string of the molecule is CCCOc1ccc(CNC(=NC)NC2CCN(C3CCCCC3)CC2)cn1. The quantitative estimate of drug-likeness (QED) is 0.555. The molecular formula is C22H37N5O. The van der Waals surface area contributed by atoms with Crippen molar-refractivity contribution in [2.75, 3.05) is 26.7 Å². The lowest BCUT2D eigenvalue weighted by Crippen LogP contribution is -2.50. The molecule has 3 rings (SSSR count). The molecule has 1 aliphatic carbocycles. The number of ether oxygens (including phenoxy) is 1. The molecule has 2 N–H and O–H groups in total. The van der Waals surface area contributed by atoms with E-state index in [1.165, 1.54) is 58.0 Å². The van der Waals surface area contributed by atoms with Crippen molar-refractivity contribution < 1.29 is 4.74 Å². The van der Waals surface area contributed by atoms with E-state index in [0.29, 0.717) is 25.1 Å². The Morgan fingerprint density at radius 3 is 2.61 bits per heavy atom. The lowest BCUT2D eigenvalue weighted by molar-refractivity contribution is 0.119. The highest BCUT2D eigenvalue weighted by Gasteiger charge is 2.26. The number of rotatable bonds is 7. The van der Waals surface area contributed by atoms with Crippen LogP contribution in [0.1, 0.15) is 63.9 Å². The summed E-state index contributed by atoms with van der Waals surface area (Å²) in [6.07, 6.45) is 12.3. The van der Waals surface area contributed by atoms with E-state index in [0.717, 1.165) is 24.0 Å². The number of nitrogens with one attached hydrogen (secondary N) is 2. The molecule has 2 aliphatic rings. The van der Waals surface area contributed by atoms with E-state index < -0.39 is 0 Å². The summed E-state index contributed by atoms with van der Waals surface area (Å²) in [5, 5.41) is 7.02. The Labute approximate surface area is 170 Å². The van der Waals surface area contributed by atoms with E-state index in [1.807, 2.05) is 19.3 Å². The van der Waals surface area contributed by atoms with Crippen LogP contribution in [0.25, 0.3) is 0 Å². The van der Waals surface area contributed by atoms with Gasteiger partial charge in [-0.15, -0.1) is 0 Å². The largest absolute Gasteiger partial charge is 0.478 e. The molecule has 0 amide bonds. The van der Waals surface area contributed by atoms with Gasteiger partial charge in [0.2, 0.25) is 5.88 Å². The molecule has 1 saturated carbocycles. The topological polar surface area (TPSA) is 61.8 Å². The van der Waals surface area contributed by atoms with E-state index in [4.69, 9.17) is 4.74 Å². The zero-order valence-corrected chi connectivity index (χ0v) is 17.6. The van der Waals surface area contributed by atoms with Crippen LogP contribution in [0.15, 0.2) is 23.3 Å². The standard InChI is InChI=1S/C22H37N5O/c1-3-15-28-21-10-9-18(16-24-21)17-25-22(23-2)26-19-11-13-27(14-12-19)20-7-5-4-6-8-20/h9-10,16,19-20H,3-8,11-15,17H2,1-2H3,(H2,23,25,26). The molecule has 0 atom stereocenters. The zero-order valence-electron chi connectivity index (χ0n) is 17.6. The number of likely N-dealkylation sites (tertiary alicyclic amines) is 1. The van der Waals surface area contributed by atoms with Gasteiger partial charge in [-0.2, -0.15) is 0 Å². The van der Waals surface area contributed by atoms with Crippen LogP contribution in [0.2, 0.25) is 0 Å². The lowest BCUT2D eigenvalue weighted by Gasteiger charge is -2.39. The van der Waals surface area contributed by atoms with Crippen LogP contribution < -0.4 is 15.4 Å². The monoisotopic (exact) mass is 387 g/mol. The fourth-order valence-electron chi connectivity index (χ4n) is 4.24. The highest BCUT2D eigenvalue weighted by molar-refractivity contribution is 5.79. The van der Waals surface area contributed by atoms with Gasteiger partial charge in [0.1, 0.15) is 0 Å². The molecule has 0 spiro atoms. The second-order valence-electron chi connectivity index (χ2n) is 8.03. The fraction of sp³-hybridized carbons (Fsp3) is 0.727. The normalized spacial score (nSPS) is 20.1. The van der Waals surface area contributed by atoms with Gasteiger partial charge in [0.15, 0.2) is 5.96 Å². The molecule has 1 aliphatic heterocycles. The highest BCUT2D eigenvalue weighted by Crippen LogP contribution is 2.25. The Balaban J connectivity index is 1.39. The second kappa shape index (κ2) is 11.2. The average molecular weight is 388 g/mol. The van der Waals surface area contributed by atoms with Crippen molar-refractivity contribution >= 4 is 5.96 Å². The summed E-state index contributed by atoms with van der Waals surface area (Å²) >= 11 is 0. The Morgan fingerprint density at radius 1 is 1.18 bits per heavy atom. The third-order valence-electron chi connectivity index (χ3n) is 5.90. The van der Waals surface area contributed by atoms with Crippen LogP contribution in [0.5, 0.6) is 5.88 Å². The summed E-state index contributed by atoms with van der Waals surface area (Å²) in [5.41, 5.74) is 1.12. The molecule has 0 unspecified atom stereocenters. The average Bonchev–Trinajstić information content (AvgIpc) is 2.77. The van der Waals surface area contributed by atoms with Crippen LogP contribution in [-0.2, 0) is 6.54 Å².